The second kappa shape index (κ2) is 4.62. The zero-order valence-corrected chi connectivity index (χ0v) is 9.52. The molecule has 2 rings (SSSR count). The first-order valence-corrected chi connectivity index (χ1v) is 5.03. The van der Waals surface area contributed by atoms with Crippen LogP contribution in [-0.4, -0.2) is 31.9 Å². The fraction of sp³-hybridized carbons (Fsp3) is 0.100. The number of anilines is 1. The third-order valence-electron chi connectivity index (χ3n) is 2.17. The number of hydrogen-bond acceptors (Lipinski definition) is 5. The van der Waals surface area contributed by atoms with Gasteiger partial charge < -0.3 is 5.73 Å². The van der Waals surface area contributed by atoms with Crippen LogP contribution < -0.4 is 10.7 Å². The number of pyridine rings is 1. The van der Waals surface area contributed by atoms with Crippen LogP contribution in [0, 0.1) is 0 Å². The molecule has 2 heterocycles. The number of nitrogens with two attached hydrogens (primary N) is 1. The van der Waals surface area contributed by atoms with E-state index in [1.807, 2.05) is 0 Å². The minimum atomic E-state index is -0.676. The molecule has 0 fully saturated rings. The van der Waals surface area contributed by atoms with E-state index in [2.05, 4.69) is 15.3 Å². The van der Waals surface area contributed by atoms with E-state index in [-0.39, 0.29) is 17.3 Å². The highest BCUT2D eigenvalue weighted by Crippen LogP contribution is 2.17. The van der Waals surface area contributed by atoms with Crippen molar-refractivity contribution in [2.45, 2.75) is 6.92 Å². The smallest absolute Gasteiger partial charge is 0.252 e. The summed E-state index contributed by atoms with van der Waals surface area (Å²) in [5.74, 6) is -0.936. The van der Waals surface area contributed by atoms with Crippen LogP contribution in [0.25, 0.3) is 0 Å². The average Bonchev–Trinajstić information content (AvgIpc) is 2.83. The summed E-state index contributed by atoms with van der Waals surface area (Å²) in [4.78, 5) is 28.2. The summed E-state index contributed by atoms with van der Waals surface area (Å²) in [6.07, 6.45) is 4.32. The van der Waals surface area contributed by atoms with Gasteiger partial charge in [0.25, 0.3) is 5.91 Å². The summed E-state index contributed by atoms with van der Waals surface area (Å²) in [6.45, 7) is 1.32. The van der Waals surface area contributed by atoms with Gasteiger partial charge in [-0.3, -0.25) is 9.59 Å². The zero-order valence-electron chi connectivity index (χ0n) is 9.52. The summed E-state index contributed by atoms with van der Waals surface area (Å²) in [6, 6.07) is 3.04. The number of carbonyl (C=O) groups is 2. The summed E-state index contributed by atoms with van der Waals surface area (Å²) in [5, 5.41) is 8.40. The van der Waals surface area contributed by atoms with Gasteiger partial charge in [-0.15, -0.1) is 5.10 Å². The number of carbonyl (C=O) groups excluding carboxylic acids is 2. The fourth-order valence-electron chi connectivity index (χ4n) is 1.46. The van der Waals surface area contributed by atoms with E-state index < -0.39 is 5.91 Å². The minimum Gasteiger partial charge on any atom is -0.365 e. The second-order valence-corrected chi connectivity index (χ2v) is 3.39. The van der Waals surface area contributed by atoms with E-state index in [1.165, 1.54) is 36.4 Å². The van der Waals surface area contributed by atoms with E-state index in [0.29, 0.717) is 0 Å². The first-order chi connectivity index (χ1) is 8.61. The van der Waals surface area contributed by atoms with Gasteiger partial charge in [0.2, 0.25) is 5.91 Å². The van der Waals surface area contributed by atoms with E-state index in [9.17, 15) is 9.59 Å². The maximum atomic E-state index is 11.7. The van der Waals surface area contributed by atoms with Gasteiger partial charge in [-0.1, -0.05) is 0 Å². The molecule has 0 aliphatic carbocycles. The van der Waals surface area contributed by atoms with E-state index in [1.54, 1.807) is 6.07 Å². The largest absolute Gasteiger partial charge is 0.365 e. The third kappa shape index (κ3) is 2.03. The van der Waals surface area contributed by atoms with Crippen LogP contribution in [0.1, 0.15) is 17.3 Å². The molecule has 0 aliphatic heterocycles. The number of primary amides is 1. The lowest BCUT2D eigenvalue weighted by atomic mass is 10.2. The van der Waals surface area contributed by atoms with Gasteiger partial charge >= 0.3 is 0 Å². The quantitative estimate of drug-likeness (QED) is 0.792. The van der Waals surface area contributed by atoms with Gasteiger partial charge in [0, 0.05) is 13.1 Å². The molecule has 8 nitrogen and oxygen atoms in total. The van der Waals surface area contributed by atoms with Crippen molar-refractivity contribution in [2.75, 3.05) is 5.01 Å². The van der Waals surface area contributed by atoms with Gasteiger partial charge in [-0.05, 0) is 17.3 Å². The number of rotatable bonds is 3. The van der Waals surface area contributed by atoms with Gasteiger partial charge in [-0.2, -0.15) is 9.80 Å². The van der Waals surface area contributed by atoms with Gasteiger partial charge in [0.05, 0.1) is 18.0 Å². The summed E-state index contributed by atoms with van der Waals surface area (Å²) >= 11 is 0. The molecule has 0 radical (unpaired) electrons. The molecule has 92 valence electrons. The van der Waals surface area contributed by atoms with Crippen LogP contribution >= 0.6 is 0 Å². The van der Waals surface area contributed by atoms with Crippen molar-refractivity contribution < 1.29 is 9.59 Å². The topological polar surface area (TPSA) is 107 Å². The van der Waals surface area contributed by atoms with Gasteiger partial charge in [-0.25, -0.2) is 4.98 Å². The molecule has 0 atom stereocenters. The summed E-state index contributed by atoms with van der Waals surface area (Å²) in [5.41, 5.74) is 5.37. The van der Waals surface area contributed by atoms with E-state index >= 15 is 0 Å². The van der Waals surface area contributed by atoms with Crippen molar-refractivity contribution in [3.8, 4) is 0 Å². The highest BCUT2D eigenvalue weighted by molar-refractivity contribution is 6.02. The Bertz CT molecular complexity index is 580. The first kappa shape index (κ1) is 11.7. The highest BCUT2D eigenvalue weighted by Gasteiger charge is 2.21. The van der Waals surface area contributed by atoms with Crippen molar-refractivity contribution in [3.63, 3.8) is 0 Å². The molecule has 0 saturated carbocycles. The fourth-order valence-corrected chi connectivity index (χ4v) is 1.46. The lowest BCUT2D eigenvalue weighted by Gasteiger charge is -2.20. The minimum absolute atomic E-state index is 0.114. The molecule has 2 aromatic rings. The molecule has 0 spiro atoms. The van der Waals surface area contributed by atoms with Crippen molar-refractivity contribution >= 4 is 17.6 Å². The number of nitrogens with zero attached hydrogens (tertiary/aromatic N) is 5. The highest BCUT2D eigenvalue weighted by atomic mass is 16.2. The predicted octanol–water partition coefficient (Wildman–Crippen LogP) is -0.412. The Balaban J connectivity index is 2.57. The molecule has 2 aromatic heterocycles. The number of aromatic nitrogens is 4. The SMILES string of the molecule is CC(=O)N(c1ncccc1C(N)=O)n1ccnn1. The standard InChI is InChI=1S/C10H10N6O2/c1-7(17)16(15-6-5-13-14-15)10-8(9(11)18)3-2-4-12-10/h2-6H,1H3,(H2,11,18). The van der Waals surface area contributed by atoms with E-state index in [0.717, 1.165) is 5.01 Å². The first-order valence-electron chi connectivity index (χ1n) is 5.03. The maximum Gasteiger partial charge on any atom is 0.252 e. The van der Waals surface area contributed by atoms with Crippen LogP contribution in [0.4, 0.5) is 5.82 Å². The normalized spacial score (nSPS) is 10.1. The Morgan fingerprint density at radius 2 is 2.17 bits per heavy atom. The Morgan fingerprint density at radius 3 is 2.72 bits per heavy atom. The van der Waals surface area contributed by atoms with Crippen LogP contribution in [0.2, 0.25) is 0 Å². The van der Waals surface area contributed by atoms with Crippen LogP contribution in [0.3, 0.4) is 0 Å². The Morgan fingerprint density at radius 1 is 1.39 bits per heavy atom. The third-order valence-corrected chi connectivity index (χ3v) is 2.17. The molecule has 8 heteroatoms. The monoisotopic (exact) mass is 246 g/mol. The van der Waals surface area contributed by atoms with Crippen LogP contribution in [0.5, 0.6) is 0 Å². The number of hydrogen-bond donors (Lipinski definition) is 1. The molecule has 2 N–H and O–H groups in total. The number of amides is 2. The van der Waals surface area contributed by atoms with E-state index in [4.69, 9.17) is 5.73 Å². The van der Waals surface area contributed by atoms with Crippen molar-refractivity contribution in [1.82, 2.24) is 20.1 Å². The molecule has 0 saturated heterocycles. The van der Waals surface area contributed by atoms with Crippen molar-refractivity contribution in [1.29, 1.82) is 0 Å². The molecule has 2 amide bonds. The Labute approximate surface area is 102 Å². The molecule has 0 unspecified atom stereocenters. The molecule has 18 heavy (non-hydrogen) atoms. The predicted molar refractivity (Wildman–Crippen MR) is 61.3 cm³/mol. The average molecular weight is 246 g/mol. The lowest BCUT2D eigenvalue weighted by molar-refractivity contribution is -0.117. The van der Waals surface area contributed by atoms with Crippen LogP contribution in [-0.2, 0) is 4.79 Å². The molecule has 0 aromatic carbocycles. The van der Waals surface area contributed by atoms with Crippen molar-refractivity contribution in [2.24, 2.45) is 5.73 Å². The Kier molecular flexibility index (Phi) is 3.00. The van der Waals surface area contributed by atoms with Gasteiger partial charge in [0.15, 0.2) is 5.82 Å². The summed E-state index contributed by atoms with van der Waals surface area (Å²) in [7, 11) is 0. The second-order valence-electron chi connectivity index (χ2n) is 3.39. The molecule has 0 bridgehead atoms. The van der Waals surface area contributed by atoms with Gasteiger partial charge in [0.1, 0.15) is 0 Å². The molecule has 0 aliphatic rings. The van der Waals surface area contributed by atoms with Crippen LogP contribution in [0.15, 0.2) is 30.7 Å². The molecular formula is C10H10N6O2. The zero-order chi connectivity index (χ0) is 13.1. The maximum absolute atomic E-state index is 11.7. The lowest BCUT2D eigenvalue weighted by Crippen LogP contribution is -2.37. The Hall–Kier alpha value is -2.77. The summed E-state index contributed by atoms with van der Waals surface area (Å²) < 4.78 is 0. The van der Waals surface area contributed by atoms with Crippen molar-refractivity contribution in [3.05, 3.63) is 36.3 Å². The molecular weight excluding hydrogens is 236 g/mol.